The van der Waals surface area contributed by atoms with E-state index in [1.807, 2.05) is 30.3 Å². The van der Waals surface area contributed by atoms with Gasteiger partial charge in [-0.25, -0.2) is 0 Å². The summed E-state index contributed by atoms with van der Waals surface area (Å²) in [6, 6.07) is 9.36. The van der Waals surface area contributed by atoms with Gasteiger partial charge in [-0.15, -0.1) is 6.58 Å². The molecule has 0 saturated heterocycles. The molecule has 0 spiro atoms. The first-order chi connectivity index (χ1) is 5.34. The molecule has 1 atom stereocenters. The van der Waals surface area contributed by atoms with Crippen molar-refractivity contribution in [3.05, 3.63) is 48.6 Å². The SMILES string of the molecule is C=CCC([O-])c1ccccc1. The highest BCUT2D eigenvalue weighted by Crippen LogP contribution is 2.12. The summed E-state index contributed by atoms with van der Waals surface area (Å²) >= 11 is 0. The van der Waals surface area contributed by atoms with Gasteiger partial charge >= 0.3 is 0 Å². The Morgan fingerprint density at radius 3 is 2.55 bits per heavy atom. The predicted molar refractivity (Wildman–Crippen MR) is 44.0 cm³/mol. The zero-order valence-corrected chi connectivity index (χ0v) is 6.36. The average molecular weight is 147 g/mol. The Kier molecular flexibility index (Phi) is 2.87. The standard InChI is InChI=1S/C10H11O/c1-2-6-10(11)9-7-4-3-5-8-9/h2-5,7-8,10H,1,6H2/q-1. The first kappa shape index (κ1) is 8.02. The maximum atomic E-state index is 11.3. The summed E-state index contributed by atoms with van der Waals surface area (Å²) in [6.07, 6.45) is 1.52. The van der Waals surface area contributed by atoms with Gasteiger partial charge in [0.1, 0.15) is 0 Å². The molecule has 11 heavy (non-hydrogen) atoms. The van der Waals surface area contributed by atoms with Gasteiger partial charge in [-0.2, -0.15) is 0 Å². The van der Waals surface area contributed by atoms with Crippen molar-refractivity contribution >= 4 is 0 Å². The fraction of sp³-hybridized carbons (Fsp3) is 0.200. The lowest BCUT2D eigenvalue weighted by Gasteiger charge is -2.20. The molecule has 0 aliphatic heterocycles. The topological polar surface area (TPSA) is 23.1 Å². The van der Waals surface area contributed by atoms with Gasteiger partial charge in [-0.05, 0) is 6.42 Å². The first-order valence-corrected chi connectivity index (χ1v) is 3.66. The Morgan fingerprint density at radius 2 is 2.00 bits per heavy atom. The van der Waals surface area contributed by atoms with E-state index in [4.69, 9.17) is 0 Å². The van der Waals surface area contributed by atoms with E-state index in [1.54, 1.807) is 6.08 Å². The van der Waals surface area contributed by atoms with Crippen LogP contribution in [0.4, 0.5) is 0 Å². The molecule has 1 aromatic carbocycles. The van der Waals surface area contributed by atoms with Crippen molar-refractivity contribution in [2.75, 3.05) is 0 Å². The van der Waals surface area contributed by atoms with Crippen LogP contribution in [0.5, 0.6) is 0 Å². The monoisotopic (exact) mass is 147 g/mol. The maximum Gasteiger partial charge on any atom is -0.0439 e. The molecule has 0 bridgehead atoms. The fourth-order valence-electron chi connectivity index (χ4n) is 0.955. The summed E-state index contributed by atoms with van der Waals surface area (Å²) in [5.74, 6) is 0. The molecular weight excluding hydrogens is 136 g/mol. The molecule has 1 rings (SSSR count). The summed E-state index contributed by atoms with van der Waals surface area (Å²) in [4.78, 5) is 0. The van der Waals surface area contributed by atoms with Crippen LogP contribution in [0.15, 0.2) is 43.0 Å². The number of rotatable bonds is 3. The van der Waals surface area contributed by atoms with E-state index in [-0.39, 0.29) is 0 Å². The number of benzene rings is 1. The van der Waals surface area contributed by atoms with Crippen molar-refractivity contribution in [2.45, 2.75) is 12.5 Å². The van der Waals surface area contributed by atoms with Crippen LogP contribution in [0, 0.1) is 0 Å². The zero-order chi connectivity index (χ0) is 8.10. The molecule has 1 unspecified atom stereocenters. The Bertz CT molecular complexity index is 216. The Labute approximate surface area is 67.0 Å². The van der Waals surface area contributed by atoms with Crippen LogP contribution >= 0.6 is 0 Å². The van der Waals surface area contributed by atoms with Crippen LogP contribution in [-0.2, 0) is 0 Å². The molecule has 0 aromatic heterocycles. The van der Waals surface area contributed by atoms with Crippen molar-refractivity contribution in [3.8, 4) is 0 Å². The van der Waals surface area contributed by atoms with Crippen LogP contribution in [0.3, 0.4) is 0 Å². The quantitative estimate of drug-likeness (QED) is 0.596. The predicted octanol–water partition coefficient (Wildman–Crippen LogP) is 1.66. The van der Waals surface area contributed by atoms with Crippen LogP contribution < -0.4 is 5.11 Å². The van der Waals surface area contributed by atoms with E-state index in [0.29, 0.717) is 6.42 Å². The summed E-state index contributed by atoms with van der Waals surface area (Å²) in [5, 5.41) is 11.3. The highest BCUT2D eigenvalue weighted by atomic mass is 16.3. The highest BCUT2D eigenvalue weighted by molar-refractivity contribution is 5.17. The van der Waals surface area contributed by atoms with Crippen molar-refractivity contribution in [3.63, 3.8) is 0 Å². The molecule has 0 heterocycles. The van der Waals surface area contributed by atoms with Crippen molar-refractivity contribution < 1.29 is 5.11 Å². The summed E-state index contributed by atoms with van der Waals surface area (Å²) in [7, 11) is 0. The van der Waals surface area contributed by atoms with E-state index in [1.165, 1.54) is 0 Å². The normalized spacial score (nSPS) is 12.5. The van der Waals surface area contributed by atoms with Crippen molar-refractivity contribution in [1.82, 2.24) is 0 Å². The summed E-state index contributed by atoms with van der Waals surface area (Å²) in [5.41, 5.74) is 0.840. The fourth-order valence-corrected chi connectivity index (χ4v) is 0.955. The third kappa shape index (κ3) is 2.20. The van der Waals surface area contributed by atoms with Gasteiger partial charge in [-0.3, -0.25) is 0 Å². The van der Waals surface area contributed by atoms with E-state index >= 15 is 0 Å². The molecule has 0 saturated carbocycles. The molecule has 1 aromatic rings. The smallest absolute Gasteiger partial charge is 0.0439 e. The molecule has 0 radical (unpaired) electrons. The van der Waals surface area contributed by atoms with Crippen molar-refractivity contribution in [2.24, 2.45) is 0 Å². The molecule has 1 nitrogen and oxygen atoms in total. The van der Waals surface area contributed by atoms with Gasteiger partial charge in [0.2, 0.25) is 0 Å². The van der Waals surface area contributed by atoms with Crippen LogP contribution in [0.1, 0.15) is 18.1 Å². The number of hydrogen-bond donors (Lipinski definition) is 0. The van der Waals surface area contributed by atoms with E-state index in [9.17, 15) is 5.11 Å². The van der Waals surface area contributed by atoms with E-state index in [0.717, 1.165) is 5.56 Å². The van der Waals surface area contributed by atoms with Crippen LogP contribution in [0.25, 0.3) is 0 Å². The Morgan fingerprint density at radius 1 is 1.36 bits per heavy atom. The lowest BCUT2D eigenvalue weighted by molar-refractivity contribution is -0.425. The first-order valence-electron chi connectivity index (χ1n) is 3.66. The van der Waals surface area contributed by atoms with Gasteiger partial charge in [-0.1, -0.05) is 48.1 Å². The summed E-state index contributed by atoms with van der Waals surface area (Å²) in [6.45, 7) is 3.53. The molecule has 0 fully saturated rings. The van der Waals surface area contributed by atoms with Crippen LogP contribution in [0.2, 0.25) is 0 Å². The average Bonchev–Trinajstić information content (AvgIpc) is 2.07. The molecule has 1 heteroatoms. The highest BCUT2D eigenvalue weighted by Gasteiger charge is 1.92. The van der Waals surface area contributed by atoms with Gasteiger partial charge in [0.15, 0.2) is 0 Å². The Balaban J connectivity index is 2.68. The zero-order valence-electron chi connectivity index (χ0n) is 6.36. The lowest BCUT2D eigenvalue weighted by atomic mass is 10.1. The second-order valence-corrected chi connectivity index (χ2v) is 2.42. The molecule has 0 aliphatic rings. The summed E-state index contributed by atoms with van der Waals surface area (Å²) < 4.78 is 0. The number of hydrogen-bond acceptors (Lipinski definition) is 1. The minimum atomic E-state index is -0.645. The second-order valence-electron chi connectivity index (χ2n) is 2.42. The van der Waals surface area contributed by atoms with Gasteiger partial charge in [0.25, 0.3) is 0 Å². The largest absolute Gasteiger partial charge is 0.848 e. The minimum absolute atomic E-state index is 0.504. The van der Waals surface area contributed by atoms with Crippen molar-refractivity contribution in [1.29, 1.82) is 0 Å². The third-order valence-corrected chi connectivity index (χ3v) is 1.55. The van der Waals surface area contributed by atoms with E-state index in [2.05, 4.69) is 6.58 Å². The molecule has 0 amide bonds. The minimum Gasteiger partial charge on any atom is -0.848 e. The van der Waals surface area contributed by atoms with E-state index < -0.39 is 6.10 Å². The van der Waals surface area contributed by atoms with Gasteiger partial charge in [0.05, 0.1) is 0 Å². The van der Waals surface area contributed by atoms with Crippen LogP contribution in [-0.4, -0.2) is 0 Å². The third-order valence-electron chi connectivity index (χ3n) is 1.55. The van der Waals surface area contributed by atoms with Gasteiger partial charge in [0, 0.05) is 0 Å². The lowest BCUT2D eigenvalue weighted by Crippen LogP contribution is -2.13. The molecule has 0 N–H and O–H groups in total. The second kappa shape index (κ2) is 3.94. The Hall–Kier alpha value is -1.08. The van der Waals surface area contributed by atoms with Gasteiger partial charge < -0.3 is 5.11 Å². The molecular formula is C10H11O-. The molecule has 0 aliphatic carbocycles. The molecule has 58 valence electrons. The maximum absolute atomic E-state index is 11.3.